The SMILES string of the molecule is CC(C)CNCC1(c2cccs2)CCC1. The zero-order chi connectivity index (χ0) is 10.7. The van der Waals surface area contributed by atoms with Crippen molar-refractivity contribution in [2.75, 3.05) is 13.1 Å². The number of nitrogens with one attached hydrogen (secondary N) is 1. The van der Waals surface area contributed by atoms with Crippen molar-refractivity contribution in [2.45, 2.75) is 38.5 Å². The summed E-state index contributed by atoms with van der Waals surface area (Å²) < 4.78 is 0. The number of hydrogen-bond donors (Lipinski definition) is 1. The maximum absolute atomic E-state index is 3.62. The zero-order valence-corrected chi connectivity index (χ0v) is 10.6. The van der Waals surface area contributed by atoms with Crippen molar-refractivity contribution in [3.8, 4) is 0 Å². The van der Waals surface area contributed by atoms with Gasteiger partial charge in [0.25, 0.3) is 0 Å². The monoisotopic (exact) mass is 223 g/mol. The molecule has 2 heteroatoms. The Kier molecular flexibility index (Phi) is 3.47. The highest BCUT2D eigenvalue weighted by atomic mass is 32.1. The molecule has 1 aliphatic carbocycles. The van der Waals surface area contributed by atoms with E-state index in [4.69, 9.17) is 0 Å². The van der Waals surface area contributed by atoms with E-state index in [0.717, 1.165) is 12.5 Å². The van der Waals surface area contributed by atoms with Gasteiger partial charge in [0.2, 0.25) is 0 Å². The Bertz CT molecular complexity index is 285. The van der Waals surface area contributed by atoms with Gasteiger partial charge in [-0.1, -0.05) is 26.3 Å². The van der Waals surface area contributed by atoms with Crippen LogP contribution in [0.5, 0.6) is 0 Å². The summed E-state index contributed by atoms with van der Waals surface area (Å²) in [6, 6.07) is 4.49. The van der Waals surface area contributed by atoms with Crippen LogP contribution in [0.1, 0.15) is 38.0 Å². The van der Waals surface area contributed by atoms with Crippen LogP contribution in [-0.4, -0.2) is 13.1 Å². The summed E-state index contributed by atoms with van der Waals surface area (Å²) in [5.41, 5.74) is 0.489. The molecule has 0 saturated heterocycles. The first-order chi connectivity index (χ1) is 7.23. The van der Waals surface area contributed by atoms with Crippen LogP contribution in [0.3, 0.4) is 0 Å². The largest absolute Gasteiger partial charge is 0.316 e. The molecule has 0 spiro atoms. The van der Waals surface area contributed by atoms with Gasteiger partial charge in [0.1, 0.15) is 0 Å². The molecule has 1 N–H and O–H groups in total. The molecule has 84 valence electrons. The molecule has 1 aromatic rings. The lowest BCUT2D eigenvalue weighted by Crippen LogP contribution is -2.44. The Morgan fingerprint density at radius 3 is 2.73 bits per heavy atom. The fourth-order valence-electron chi connectivity index (χ4n) is 2.29. The normalized spacial score (nSPS) is 19.1. The fourth-order valence-corrected chi connectivity index (χ4v) is 3.28. The van der Waals surface area contributed by atoms with Crippen molar-refractivity contribution in [3.63, 3.8) is 0 Å². The zero-order valence-electron chi connectivity index (χ0n) is 9.75. The van der Waals surface area contributed by atoms with Gasteiger partial charge < -0.3 is 5.32 Å². The molecule has 1 aliphatic rings. The molecule has 15 heavy (non-hydrogen) atoms. The summed E-state index contributed by atoms with van der Waals surface area (Å²) in [5.74, 6) is 0.755. The highest BCUT2D eigenvalue weighted by Crippen LogP contribution is 2.45. The van der Waals surface area contributed by atoms with Crippen molar-refractivity contribution < 1.29 is 0 Å². The molecule has 1 fully saturated rings. The molecule has 1 nitrogen and oxygen atoms in total. The maximum Gasteiger partial charge on any atom is 0.0172 e. The second-order valence-corrected chi connectivity index (χ2v) is 6.08. The lowest BCUT2D eigenvalue weighted by Gasteiger charge is -2.41. The number of rotatable bonds is 5. The minimum atomic E-state index is 0.489. The van der Waals surface area contributed by atoms with Crippen LogP contribution >= 0.6 is 11.3 Å². The summed E-state index contributed by atoms with van der Waals surface area (Å²) in [7, 11) is 0. The van der Waals surface area contributed by atoms with E-state index in [1.165, 1.54) is 25.8 Å². The quantitative estimate of drug-likeness (QED) is 0.806. The van der Waals surface area contributed by atoms with Gasteiger partial charge in [0.15, 0.2) is 0 Å². The van der Waals surface area contributed by atoms with Crippen LogP contribution in [-0.2, 0) is 5.41 Å². The topological polar surface area (TPSA) is 12.0 Å². The summed E-state index contributed by atoms with van der Waals surface area (Å²) in [4.78, 5) is 1.59. The van der Waals surface area contributed by atoms with Gasteiger partial charge in [-0.3, -0.25) is 0 Å². The Balaban J connectivity index is 1.92. The molecule has 1 heterocycles. The average Bonchev–Trinajstić information content (AvgIpc) is 2.62. The van der Waals surface area contributed by atoms with Crippen molar-refractivity contribution >= 4 is 11.3 Å². The maximum atomic E-state index is 3.62. The lowest BCUT2D eigenvalue weighted by atomic mass is 9.67. The Labute approximate surface area is 96.9 Å². The highest BCUT2D eigenvalue weighted by molar-refractivity contribution is 7.10. The first-order valence-corrected chi connectivity index (χ1v) is 6.86. The van der Waals surface area contributed by atoms with E-state index >= 15 is 0 Å². The molecule has 0 bridgehead atoms. The van der Waals surface area contributed by atoms with Gasteiger partial charge in [-0.25, -0.2) is 0 Å². The smallest absolute Gasteiger partial charge is 0.0172 e. The average molecular weight is 223 g/mol. The summed E-state index contributed by atoms with van der Waals surface area (Å²) in [5, 5.41) is 5.83. The Morgan fingerprint density at radius 2 is 2.27 bits per heavy atom. The first-order valence-electron chi connectivity index (χ1n) is 5.98. The molecule has 0 atom stereocenters. The van der Waals surface area contributed by atoms with Crippen molar-refractivity contribution in [2.24, 2.45) is 5.92 Å². The third kappa shape index (κ3) is 2.43. The van der Waals surface area contributed by atoms with E-state index in [9.17, 15) is 0 Å². The van der Waals surface area contributed by atoms with E-state index in [1.54, 1.807) is 4.88 Å². The van der Waals surface area contributed by atoms with Gasteiger partial charge >= 0.3 is 0 Å². The third-order valence-corrected chi connectivity index (χ3v) is 4.49. The third-order valence-electron chi connectivity index (χ3n) is 3.37. The van der Waals surface area contributed by atoms with Crippen molar-refractivity contribution in [1.82, 2.24) is 5.32 Å². The lowest BCUT2D eigenvalue weighted by molar-refractivity contribution is 0.236. The van der Waals surface area contributed by atoms with Gasteiger partial charge in [0, 0.05) is 16.8 Å². The van der Waals surface area contributed by atoms with Crippen LogP contribution in [0, 0.1) is 5.92 Å². The summed E-state index contributed by atoms with van der Waals surface area (Å²) in [6.07, 6.45) is 4.15. The Morgan fingerprint density at radius 1 is 1.47 bits per heavy atom. The van der Waals surface area contributed by atoms with Gasteiger partial charge in [0.05, 0.1) is 0 Å². The van der Waals surface area contributed by atoms with Crippen molar-refractivity contribution in [3.05, 3.63) is 22.4 Å². The van der Waals surface area contributed by atoms with Crippen LogP contribution < -0.4 is 5.32 Å². The van der Waals surface area contributed by atoms with Crippen molar-refractivity contribution in [1.29, 1.82) is 0 Å². The van der Waals surface area contributed by atoms with Crippen LogP contribution in [0.15, 0.2) is 17.5 Å². The second-order valence-electron chi connectivity index (χ2n) is 5.14. The van der Waals surface area contributed by atoms with E-state index in [1.807, 2.05) is 11.3 Å². The molecule has 2 rings (SSSR count). The molecule has 0 aliphatic heterocycles. The van der Waals surface area contributed by atoms with Crippen LogP contribution in [0.4, 0.5) is 0 Å². The van der Waals surface area contributed by atoms with Gasteiger partial charge in [-0.2, -0.15) is 0 Å². The molecule has 0 unspecified atom stereocenters. The van der Waals surface area contributed by atoms with E-state index < -0.39 is 0 Å². The molecule has 0 aromatic carbocycles. The van der Waals surface area contributed by atoms with Gasteiger partial charge in [-0.05, 0) is 36.8 Å². The fraction of sp³-hybridized carbons (Fsp3) is 0.692. The van der Waals surface area contributed by atoms with E-state index in [2.05, 4.69) is 36.7 Å². The molecule has 1 aromatic heterocycles. The highest BCUT2D eigenvalue weighted by Gasteiger charge is 2.38. The molecule has 0 amide bonds. The predicted octanol–water partition coefficient (Wildman–Crippen LogP) is 3.42. The van der Waals surface area contributed by atoms with Crippen LogP contribution in [0.2, 0.25) is 0 Å². The minimum absolute atomic E-state index is 0.489. The van der Waals surface area contributed by atoms with Gasteiger partial charge in [-0.15, -0.1) is 11.3 Å². The molecular weight excluding hydrogens is 202 g/mol. The first kappa shape index (κ1) is 11.2. The molecular formula is C13H21NS. The standard InChI is InChI=1S/C13H21NS/c1-11(2)9-14-10-13(6-4-7-13)12-5-3-8-15-12/h3,5,8,11,14H,4,6-7,9-10H2,1-2H3. The predicted molar refractivity (Wildman–Crippen MR) is 67.6 cm³/mol. The minimum Gasteiger partial charge on any atom is -0.316 e. The molecule has 0 radical (unpaired) electrons. The Hall–Kier alpha value is -0.340. The summed E-state index contributed by atoms with van der Waals surface area (Å²) in [6.45, 7) is 6.86. The second kappa shape index (κ2) is 4.67. The van der Waals surface area contributed by atoms with E-state index in [0.29, 0.717) is 5.41 Å². The molecule has 1 saturated carbocycles. The number of hydrogen-bond acceptors (Lipinski definition) is 2. The summed E-state index contributed by atoms with van der Waals surface area (Å²) >= 11 is 1.92. The van der Waals surface area contributed by atoms with Crippen LogP contribution in [0.25, 0.3) is 0 Å². The van der Waals surface area contributed by atoms with E-state index in [-0.39, 0.29) is 0 Å². The number of thiophene rings is 1.